The summed E-state index contributed by atoms with van der Waals surface area (Å²) in [5.74, 6) is 0.745. The van der Waals surface area contributed by atoms with Crippen LogP contribution in [0.15, 0.2) is 28.7 Å². The quantitative estimate of drug-likeness (QED) is 0.817. The molecular weight excluding hydrogens is 298 g/mol. The molecule has 1 aliphatic rings. The van der Waals surface area contributed by atoms with Crippen molar-refractivity contribution in [2.45, 2.75) is 58.4 Å². The van der Waals surface area contributed by atoms with E-state index in [2.05, 4.69) is 54.0 Å². The van der Waals surface area contributed by atoms with Gasteiger partial charge in [-0.05, 0) is 54.7 Å². The Morgan fingerprint density at radius 3 is 2.26 bits per heavy atom. The van der Waals surface area contributed by atoms with Gasteiger partial charge in [-0.3, -0.25) is 0 Å². The summed E-state index contributed by atoms with van der Waals surface area (Å²) in [5, 5.41) is 0. The summed E-state index contributed by atoms with van der Waals surface area (Å²) in [6.07, 6.45) is 7.66. The second-order valence-corrected chi connectivity index (χ2v) is 7.52. The normalized spacial score (nSPS) is 19.8. The Hall–Kier alpha value is -0.340. The second-order valence-electron chi connectivity index (χ2n) is 6.60. The van der Waals surface area contributed by atoms with E-state index >= 15 is 0 Å². The van der Waals surface area contributed by atoms with Crippen LogP contribution in [0.3, 0.4) is 0 Å². The van der Waals surface area contributed by atoms with E-state index in [1.54, 1.807) is 0 Å². The predicted molar refractivity (Wildman–Crippen MR) is 86.2 cm³/mol. The summed E-state index contributed by atoms with van der Waals surface area (Å²) in [4.78, 5) is 0. The predicted octanol–water partition coefficient (Wildman–Crippen LogP) is 4.93. The van der Waals surface area contributed by atoms with Gasteiger partial charge in [-0.25, -0.2) is 0 Å². The van der Waals surface area contributed by atoms with E-state index in [0.717, 1.165) is 16.8 Å². The van der Waals surface area contributed by atoms with Crippen molar-refractivity contribution in [3.05, 3.63) is 34.3 Å². The highest BCUT2D eigenvalue weighted by Gasteiger charge is 2.39. The molecule has 1 aromatic rings. The molecule has 0 aromatic heterocycles. The average molecular weight is 324 g/mol. The summed E-state index contributed by atoms with van der Waals surface area (Å²) < 4.78 is 1.14. The molecule has 1 atom stereocenters. The molecule has 19 heavy (non-hydrogen) atoms. The first-order valence-electron chi connectivity index (χ1n) is 7.52. The van der Waals surface area contributed by atoms with E-state index in [4.69, 9.17) is 5.73 Å². The molecule has 0 spiro atoms. The van der Waals surface area contributed by atoms with E-state index in [0.29, 0.717) is 11.5 Å². The van der Waals surface area contributed by atoms with Gasteiger partial charge in [0.05, 0.1) is 0 Å². The molecule has 0 heterocycles. The monoisotopic (exact) mass is 323 g/mol. The highest BCUT2D eigenvalue weighted by Crippen LogP contribution is 2.46. The van der Waals surface area contributed by atoms with Crippen molar-refractivity contribution in [1.82, 2.24) is 0 Å². The van der Waals surface area contributed by atoms with Crippen molar-refractivity contribution >= 4 is 15.9 Å². The first-order valence-corrected chi connectivity index (χ1v) is 8.31. The number of benzene rings is 1. The fraction of sp³-hybridized carbons (Fsp3) is 0.647. The highest BCUT2D eigenvalue weighted by atomic mass is 79.9. The van der Waals surface area contributed by atoms with E-state index in [-0.39, 0.29) is 0 Å². The third kappa shape index (κ3) is 3.82. The van der Waals surface area contributed by atoms with Crippen LogP contribution < -0.4 is 5.73 Å². The van der Waals surface area contributed by atoms with Gasteiger partial charge in [-0.15, -0.1) is 0 Å². The number of rotatable bonds is 5. The minimum Gasteiger partial charge on any atom is -0.327 e. The Morgan fingerprint density at radius 2 is 1.74 bits per heavy atom. The lowest BCUT2D eigenvalue weighted by Gasteiger charge is -2.37. The first kappa shape index (κ1) is 15.1. The molecule has 0 aliphatic heterocycles. The fourth-order valence-electron chi connectivity index (χ4n) is 3.71. The fourth-order valence-corrected chi connectivity index (χ4v) is 3.97. The number of halogens is 1. The third-order valence-corrected chi connectivity index (χ3v) is 5.10. The van der Waals surface area contributed by atoms with E-state index in [9.17, 15) is 0 Å². The minimum atomic E-state index is 0.304. The summed E-state index contributed by atoms with van der Waals surface area (Å²) >= 11 is 3.49. The zero-order chi connectivity index (χ0) is 13.9. The van der Waals surface area contributed by atoms with Crippen molar-refractivity contribution in [3.8, 4) is 0 Å². The van der Waals surface area contributed by atoms with E-state index in [1.165, 1.54) is 37.7 Å². The average Bonchev–Trinajstić information content (AvgIpc) is 2.81. The topological polar surface area (TPSA) is 26.0 Å². The van der Waals surface area contributed by atoms with Crippen LogP contribution >= 0.6 is 15.9 Å². The molecule has 1 nitrogen and oxygen atoms in total. The van der Waals surface area contributed by atoms with Crippen LogP contribution in [0.1, 0.15) is 51.5 Å². The summed E-state index contributed by atoms with van der Waals surface area (Å²) in [6.45, 7) is 4.65. The third-order valence-electron chi connectivity index (χ3n) is 4.57. The number of nitrogens with two attached hydrogens (primary N) is 1. The summed E-state index contributed by atoms with van der Waals surface area (Å²) in [6, 6.07) is 8.93. The van der Waals surface area contributed by atoms with Gasteiger partial charge in [-0.2, -0.15) is 0 Å². The van der Waals surface area contributed by atoms with Crippen molar-refractivity contribution in [3.63, 3.8) is 0 Å². The molecule has 1 aliphatic carbocycles. The van der Waals surface area contributed by atoms with Crippen molar-refractivity contribution in [2.75, 3.05) is 0 Å². The van der Waals surface area contributed by atoms with Crippen molar-refractivity contribution < 1.29 is 0 Å². The maximum atomic E-state index is 6.62. The van der Waals surface area contributed by atoms with Crippen LogP contribution in [0.5, 0.6) is 0 Å². The molecule has 1 unspecified atom stereocenters. The molecule has 0 saturated heterocycles. The van der Waals surface area contributed by atoms with E-state index < -0.39 is 0 Å². The van der Waals surface area contributed by atoms with Gasteiger partial charge < -0.3 is 5.73 Å². The number of hydrogen-bond acceptors (Lipinski definition) is 1. The Labute approximate surface area is 126 Å². The smallest absolute Gasteiger partial charge is 0.0175 e. The van der Waals surface area contributed by atoms with Crippen molar-refractivity contribution in [2.24, 2.45) is 17.1 Å². The first-order chi connectivity index (χ1) is 9.02. The van der Waals surface area contributed by atoms with Crippen LogP contribution in [0.2, 0.25) is 0 Å². The SMILES string of the molecule is CC(C)CC1(C(N)Cc2ccc(Br)cc2)CCCC1. The van der Waals surface area contributed by atoms with E-state index in [1.807, 2.05) is 0 Å². The lowest BCUT2D eigenvalue weighted by Crippen LogP contribution is -2.42. The van der Waals surface area contributed by atoms with Crippen LogP contribution in [0, 0.1) is 11.3 Å². The maximum Gasteiger partial charge on any atom is 0.0175 e. The molecule has 0 radical (unpaired) electrons. The summed E-state index contributed by atoms with van der Waals surface area (Å²) in [7, 11) is 0. The molecule has 2 heteroatoms. The van der Waals surface area contributed by atoms with Crippen LogP contribution in [-0.2, 0) is 6.42 Å². The molecule has 0 bridgehead atoms. The van der Waals surface area contributed by atoms with Crippen LogP contribution in [0.25, 0.3) is 0 Å². The lowest BCUT2D eigenvalue weighted by atomic mass is 9.71. The zero-order valence-corrected chi connectivity index (χ0v) is 13.7. The Bertz CT molecular complexity index is 390. The molecule has 106 valence electrons. The van der Waals surface area contributed by atoms with Gasteiger partial charge in [-0.1, -0.05) is 54.8 Å². The molecule has 2 rings (SSSR count). The standard InChI is InChI=1S/C17H26BrN/c1-13(2)12-17(9-3-4-10-17)16(19)11-14-5-7-15(18)8-6-14/h5-8,13,16H,3-4,9-12,19H2,1-2H3. The summed E-state index contributed by atoms with van der Waals surface area (Å²) in [5.41, 5.74) is 8.38. The van der Waals surface area contributed by atoms with Gasteiger partial charge in [0.2, 0.25) is 0 Å². The molecule has 0 amide bonds. The Balaban J connectivity index is 2.07. The molecule has 1 aromatic carbocycles. The van der Waals surface area contributed by atoms with Gasteiger partial charge in [0, 0.05) is 10.5 Å². The zero-order valence-electron chi connectivity index (χ0n) is 12.2. The van der Waals surface area contributed by atoms with Crippen LogP contribution in [0.4, 0.5) is 0 Å². The minimum absolute atomic E-state index is 0.304. The molecule has 1 fully saturated rings. The lowest BCUT2D eigenvalue weighted by molar-refractivity contribution is 0.181. The Morgan fingerprint density at radius 1 is 1.16 bits per heavy atom. The number of hydrogen-bond donors (Lipinski definition) is 1. The van der Waals surface area contributed by atoms with Gasteiger partial charge in [0.1, 0.15) is 0 Å². The maximum absolute atomic E-state index is 6.62. The Kier molecular flexibility index (Phi) is 5.08. The largest absolute Gasteiger partial charge is 0.327 e. The highest BCUT2D eigenvalue weighted by molar-refractivity contribution is 9.10. The molecular formula is C17H26BrN. The van der Waals surface area contributed by atoms with Gasteiger partial charge in [0.15, 0.2) is 0 Å². The van der Waals surface area contributed by atoms with Crippen molar-refractivity contribution in [1.29, 1.82) is 0 Å². The van der Waals surface area contributed by atoms with Crippen LogP contribution in [-0.4, -0.2) is 6.04 Å². The second kappa shape index (κ2) is 6.41. The van der Waals surface area contributed by atoms with Gasteiger partial charge >= 0.3 is 0 Å². The molecule has 2 N–H and O–H groups in total. The molecule has 1 saturated carbocycles. The van der Waals surface area contributed by atoms with Gasteiger partial charge in [0.25, 0.3) is 0 Å².